The zero-order chi connectivity index (χ0) is 54.3. The molecular weight excluding hydrogens is 1190 g/mol. The summed E-state index contributed by atoms with van der Waals surface area (Å²) in [5.74, 6) is -2.21. The second-order valence-corrected chi connectivity index (χ2v) is 24.4. The first-order valence-electron chi connectivity index (χ1n) is 21.8. The van der Waals surface area contributed by atoms with Gasteiger partial charge in [-0.3, -0.25) is 14.4 Å². The van der Waals surface area contributed by atoms with Gasteiger partial charge in [0.05, 0.1) is 53.3 Å². The topological polar surface area (TPSA) is 248 Å². The zero-order valence-corrected chi connectivity index (χ0v) is 48.1. The van der Waals surface area contributed by atoms with E-state index in [0.717, 1.165) is 33.9 Å². The van der Waals surface area contributed by atoms with Crippen molar-refractivity contribution in [3.05, 3.63) is 138 Å². The van der Waals surface area contributed by atoms with Gasteiger partial charge in [-0.1, -0.05) is 58.5 Å². The van der Waals surface area contributed by atoms with Gasteiger partial charge in [-0.2, -0.15) is 10.2 Å². The third-order valence-corrected chi connectivity index (χ3v) is 16.5. The standard InChI is InChI=1S/C32H21Cl4N9O7S4.C16H18N3S.ClH/c33-27(34)29(46)39-22-3-1-2-21-25(22)23(42-40-17-4-8-19(9-5-17)55(48,49)44-31-37-12-14-53-31)16-24(26(21)52-30(47)28(35)36)43-41-18-6-10-20(11-7-18)56(50,51)45-32-38-13-15-54-32;1-18(2)11-5-7-13-15(9-11)20-16-10-12(19(3)4)6-8-14(16)17-13;/h1-16,27-28H,(H,37,44)(H,38,45)(H,39,46);5-10H,1-4H3;1H/q;+1;/p-1. The lowest BCUT2D eigenvalue weighted by atomic mass is 10.0. The Hall–Kier alpha value is -6.45. The molecule has 2 aliphatic rings. The number of fused-ring (bicyclic) bond motifs is 3. The third kappa shape index (κ3) is 14.6. The van der Waals surface area contributed by atoms with Crippen LogP contribution in [-0.2, 0) is 24.8 Å². The molecule has 398 valence electrons. The number of esters is 1. The van der Waals surface area contributed by atoms with Gasteiger partial charge in [0.2, 0.25) is 10.2 Å². The van der Waals surface area contributed by atoms with Crippen molar-refractivity contribution in [2.75, 3.05) is 42.5 Å². The minimum Gasteiger partial charge on any atom is -0.860 e. The minimum atomic E-state index is -3.96. The average Bonchev–Trinajstić information content (AvgIpc) is 4.12. The van der Waals surface area contributed by atoms with Crippen molar-refractivity contribution < 1.29 is 31.5 Å². The highest BCUT2D eigenvalue weighted by molar-refractivity contribution is 7.93. The van der Waals surface area contributed by atoms with Gasteiger partial charge in [0.15, 0.2) is 16.0 Å². The van der Waals surface area contributed by atoms with Gasteiger partial charge in [-0.05, 0) is 90.8 Å². The molecule has 0 saturated carbocycles. The summed E-state index contributed by atoms with van der Waals surface area (Å²) in [6, 6.07) is 29.4. The van der Waals surface area contributed by atoms with Crippen molar-refractivity contribution in [2.45, 2.75) is 19.5 Å². The molecule has 29 heteroatoms. The molecule has 0 unspecified atom stereocenters. The number of rotatable bonds is 15. The lowest BCUT2D eigenvalue weighted by molar-refractivity contribution is -0.216. The number of hydrogen-bond donors (Lipinski definition) is 2. The number of anilines is 3. The molecule has 0 saturated heterocycles. The fourth-order valence-corrected chi connectivity index (χ4v) is 11.5. The Kier molecular flexibility index (Phi) is 19.2. The largest absolute Gasteiger partial charge is 0.860 e. The predicted octanol–water partition coefficient (Wildman–Crippen LogP) is 12.0. The van der Waals surface area contributed by atoms with Crippen molar-refractivity contribution in [1.82, 2.24) is 19.5 Å². The van der Waals surface area contributed by atoms with Crippen LogP contribution in [0.25, 0.3) is 31.6 Å². The SMILES string of the molecule is CN(C)c1ccc2nc3ccc(=[N+](C)C)cc-3sc2c1.Cl.O=C(Oc1c(N=Nc2ccc(S(=O)(=O)Nc3nccs3)cc2)cc(N=Nc2ccc(S(=O)(=O)Nc3nccs3)cc2)c2c(N=C([O-])C(Cl)Cl)cccc12)C(Cl)Cl. The Morgan fingerprint density at radius 1 is 0.714 bits per heavy atom. The van der Waals surface area contributed by atoms with E-state index in [9.17, 15) is 26.7 Å². The number of thiazole rings is 2. The molecule has 5 aromatic carbocycles. The number of carbonyl (C=O) groups is 1. The van der Waals surface area contributed by atoms with Crippen LogP contribution in [0.15, 0.2) is 168 Å². The number of benzene rings is 6. The predicted molar refractivity (Wildman–Crippen MR) is 310 cm³/mol. The Bertz CT molecular complexity index is 3940. The molecule has 7 aromatic rings. The molecular formula is C48H39Cl5N12O7S5. The molecule has 19 nitrogen and oxygen atoms in total. The Morgan fingerprint density at radius 2 is 1.30 bits per heavy atom. The van der Waals surface area contributed by atoms with Gasteiger partial charge in [0, 0.05) is 65.8 Å². The summed E-state index contributed by atoms with van der Waals surface area (Å²) in [7, 11) is 0.327. The van der Waals surface area contributed by atoms with Crippen molar-refractivity contribution >= 4 is 190 Å². The number of azo groups is 2. The molecule has 0 radical (unpaired) electrons. The monoisotopic (exact) mass is 1230 g/mol. The summed E-state index contributed by atoms with van der Waals surface area (Å²) >= 11 is 27.2. The van der Waals surface area contributed by atoms with E-state index in [-0.39, 0.29) is 77.4 Å². The summed E-state index contributed by atoms with van der Waals surface area (Å²) in [6.45, 7) is 0. The second-order valence-electron chi connectivity index (χ2n) is 16.0. The van der Waals surface area contributed by atoms with Crippen molar-refractivity contribution in [2.24, 2.45) is 25.4 Å². The van der Waals surface area contributed by atoms with Crippen LogP contribution in [0.4, 0.5) is 44.4 Å². The second kappa shape index (κ2) is 25.3. The maximum atomic E-state index is 12.8. The van der Waals surface area contributed by atoms with E-state index >= 15 is 0 Å². The van der Waals surface area contributed by atoms with Crippen LogP contribution in [0, 0.1) is 0 Å². The van der Waals surface area contributed by atoms with Crippen LogP contribution in [0.2, 0.25) is 0 Å². The van der Waals surface area contributed by atoms with E-state index in [2.05, 4.69) is 119 Å². The van der Waals surface area contributed by atoms with Gasteiger partial charge in [0.25, 0.3) is 20.0 Å². The molecule has 2 N–H and O–H groups in total. The molecule has 1 aliphatic carbocycles. The van der Waals surface area contributed by atoms with E-state index in [0.29, 0.717) is 0 Å². The van der Waals surface area contributed by atoms with Crippen LogP contribution >= 0.6 is 92.8 Å². The molecule has 0 amide bonds. The number of ether oxygens (including phenoxy) is 1. The number of halogens is 5. The van der Waals surface area contributed by atoms with Crippen LogP contribution in [0.3, 0.4) is 0 Å². The van der Waals surface area contributed by atoms with Gasteiger partial charge in [-0.25, -0.2) is 41.2 Å². The number of carbonyl (C=O) groups excluding carboxylic acids is 1. The normalized spacial score (nSPS) is 12.1. The van der Waals surface area contributed by atoms with Crippen LogP contribution in [-0.4, -0.2) is 81.5 Å². The zero-order valence-electron chi connectivity index (χ0n) is 40.1. The van der Waals surface area contributed by atoms with E-state index < -0.39 is 41.6 Å². The fraction of sp³-hybridized carbons (Fsp3) is 0.125. The molecule has 1 aliphatic heterocycles. The smallest absolute Gasteiger partial charge is 0.344 e. The first kappa shape index (κ1) is 58.2. The number of sulfonamides is 2. The lowest BCUT2D eigenvalue weighted by Gasteiger charge is -2.16. The van der Waals surface area contributed by atoms with E-state index in [1.54, 1.807) is 22.1 Å². The van der Waals surface area contributed by atoms with Crippen LogP contribution in [0.5, 0.6) is 5.75 Å². The van der Waals surface area contributed by atoms with Crippen molar-refractivity contribution in [3.8, 4) is 16.3 Å². The number of aliphatic imine (C=N–C) groups is 1. The number of nitrogens with one attached hydrogen (secondary N) is 2. The maximum absolute atomic E-state index is 12.8. The van der Waals surface area contributed by atoms with E-state index in [1.165, 1.54) is 106 Å². The van der Waals surface area contributed by atoms with E-state index in [4.69, 9.17) is 56.1 Å². The maximum Gasteiger partial charge on any atom is 0.344 e. The quantitative estimate of drug-likeness (QED) is 0.0143. The highest BCUT2D eigenvalue weighted by atomic mass is 35.5. The van der Waals surface area contributed by atoms with Crippen molar-refractivity contribution in [3.63, 3.8) is 0 Å². The number of hydrogen-bond acceptors (Lipinski definition) is 19. The number of aromatic nitrogens is 3. The molecule has 9 rings (SSSR count). The Balaban J connectivity index is 0.000000341. The summed E-state index contributed by atoms with van der Waals surface area (Å²) < 4.78 is 64.9. The summed E-state index contributed by atoms with van der Waals surface area (Å²) in [5, 5.41) is 34.7. The molecule has 3 heterocycles. The first-order chi connectivity index (χ1) is 36.2. The van der Waals surface area contributed by atoms with Gasteiger partial charge >= 0.3 is 5.97 Å². The average molecular weight is 1230 g/mol. The van der Waals surface area contributed by atoms with Gasteiger partial charge < -0.3 is 14.7 Å². The summed E-state index contributed by atoms with van der Waals surface area (Å²) in [6.07, 6.45) is 2.91. The molecule has 0 bridgehead atoms. The van der Waals surface area contributed by atoms with Crippen LogP contribution in [0.1, 0.15) is 0 Å². The highest BCUT2D eigenvalue weighted by Gasteiger charge is 2.23. The number of alkyl halides is 4. The van der Waals surface area contributed by atoms with Gasteiger partial charge in [-0.15, -0.1) is 56.6 Å². The fourth-order valence-electron chi connectivity index (χ4n) is 6.73. The minimum absolute atomic E-state index is 0. The molecule has 0 spiro atoms. The van der Waals surface area contributed by atoms with Crippen molar-refractivity contribution in [1.29, 1.82) is 0 Å². The third-order valence-electron chi connectivity index (χ3n) is 10.4. The molecule has 2 aromatic heterocycles. The molecule has 0 fully saturated rings. The van der Waals surface area contributed by atoms with Gasteiger partial charge in [0.1, 0.15) is 24.6 Å². The molecule has 0 atom stereocenters. The van der Waals surface area contributed by atoms with E-state index in [1.807, 2.05) is 0 Å². The number of nitrogens with zero attached hydrogens (tertiary/aromatic N) is 10. The summed E-state index contributed by atoms with van der Waals surface area (Å²) in [5.41, 5.74) is 3.64. The first-order valence-corrected chi connectivity index (χ1v) is 29.1. The van der Waals surface area contributed by atoms with Crippen LogP contribution < -0.4 is 34.1 Å². The molecule has 77 heavy (non-hydrogen) atoms. The Morgan fingerprint density at radius 3 is 1.82 bits per heavy atom. The summed E-state index contributed by atoms with van der Waals surface area (Å²) in [4.78, 5) is 29.4. The Labute approximate surface area is 478 Å². The highest BCUT2D eigenvalue weighted by Crippen LogP contribution is 2.47. The lowest BCUT2D eigenvalue weighted by Crippen LogP contribution is -2.24.